The van der Waals surface area contributed by atoms with E-state index in [4.69, 9.17) is 0 Å². The zero-order valence-electron chi connectivity index (χ0n) is 16.1. The molecular weight excluding hydrogens is 407 g/mol. The second-order valence-electron chi connectivity index (χ2n) is 8.06. The molecular formula is C18H24F3N5O2S. The van der Waals surface area contributed by atoms with Crippen molar-refractivity contribution >= 4 is 26.9 Å². The van der Waals surface area contributed by atoms with E-state index in [-0.39, 0.29) is 37.1 Å². The van der Waals surface area contributed by atoms with Crippen molar-refractivity contribution in [2.24, 2.45) is 11.8 Å². The number of hydrogen-bond acceptors (Lipinski definition) is 5. The lowest BCUT2D eigenvalue weighted by atomic mass is 9.81. The molecule has 0 amide bonds. The number of rotatable bonds is 5. The van der Waals surface area contributed by atoms with Gasteiger partial charge in [-0.3, -0.25) is 0 Å². The van der Waals surface area contributed by atoms with E-state index in [9.17, 15) is 21.6 Å². The summed E-state index contributed by atoms with van der Waals surface area (Å²) in [5, 5.41) is 0.901. The zero-order valence-corrected chi connectivity index (χ0v) is 16.9. The van der Waals surface area contributed by atoms with Gasteiger partial charge in [-0.05, 0) is 37.7 Å². The monoisotopic (exact) mass is 431 g/mol. The number of nitrogens with one attached hydrogen (secondary N) is 1. The first-order valence-corrected chi connectivity index (χ1v) is 11.3. The fraction of sp³-hybridized carbons (Fsp3) is 0.667. The summed E-state index contributed by atoms with van der Waals surface area (Å²) in [5.74, 6) is -0.924. The highest BCUT2D eigenvalue weighted by atomic mass is 32.2. The number of aromatic amines is 1. The molecule has 4 rings (SSSR count). The molecule has 0 bridgehead atoms. The molecule has 7 nitrogen and oxygen atoms in total. The fourth-order valence-electron chi connectivity index (χ4n) is 4.33. The summed E-state index contributed by atoms with van der Waals surface area (Å²) in [5.41, 5.74) is 0.740. The first kappa shape index (κ1) is 20.4. The lowest BCUT2D eigenvalue weighted by molar-refractivity contribution is -0.182. The topological polar surface area (TPSA) is 82.2 Å². The van der Waals surface area contributed by atoms with Gasteiger partial charge in [0.25, 0.3) is 0 Å². The van der Waals surface area contributed by atoms with Crippen molar-refractivity contribution in [1.82, 2.24) is 19.3 Å². The van der Waals surface area contributed by atoms with Gasteiger partial charge in [-0.1, -0.05) is 0 Å². The standard InChI is InChI=1S/C18H24F3N5O2S/c1-25(17-15-4-5-22-16(15)23-11-24-17)14-7-12(8-14)10-29(27,28)26-6-2-3-13(9-26)18(19,20)21/h4-5,11-14H,2-3,6-10H2,1H3,(H,22,23,24). The number of nitrogens with zero attached hydrogens (tertiary/aromatic N) is 4. The average Bonchev–Trinajstić information content (AvgIpc) is 3.12. The van der Waals surface area contributed by atoms with Crippen LogP contribution in [-0.4, -0.2) is 65.8 Å². The van der Waals surface area contributed by atoms with Crippen LogP contribution in [0.25, 0.3) is 11.0 Å². The van der Waals surface area contributed by atoms with Crippen molar-refractivity contribution in [1.29, 1.82) is 0 Å². The first-order valence-electron chi connectivity index (χ1n) is 9.70. The summed E-state index contributed by atoms with van der Waals surface area (Å²) in [6.07, 6.45) is 0.514. The van der Waals surface area contributed by atoms with Crippen molar-refractivity contribution in [3.05, 3.63) is 18.6 Å². The molecule has 2 aromatic heterocycles. The molecule has 2 aliphatic rings. The Bertz CT molecular complexity index is 971. The highest BCUT2D eigenvalue weighted by Crippen LogP contribution is 2.38. The van der Waals surface area contributed by atoms with Crippen LogP contribution >= 0.6 is 0 Å². The van der Waals surface area contributed by atoms with Gasteiger partial charge >= 0.3 is 6.18 Å². The van der Waals surface area contributed by atoms with Crippen molar-refractivity contribution in [3.8, 4) is 0 Å². The molecule has 1 aliphatic carbocycles. The van der Waals surface area contributed by atoms with Gasteiger partial charge in [-0.15, -0.1) is 0 Å². The van der Waals surface area contributed by atoms with Crippen LogP contribution in [-0.2, 0) is 10.0 Å². The molecule has 0 radical (unpaired) electrons. The molecule has 160 valence electrons. The lowest BCUT2D eigenvalue weighted by Crippen LogP contribution is -2.49. The molecule has 1 saturated heterocycles. The van der Waals surface area contributed by atoms with E-state index in [1.807, 2.05) is 18.0 Å². The van der Waals surface area contributed by atoms with E-state index in [1.165, 1.54) is 6.33 Å². The number of fused-ring (bicyclic) bond motifs is 1. The Morgan fingerprint density at radius 2 is 2.07 bits per heavy atom. The number of aromatic nitrogens is 3. The summed E-state index contributed by atoms with van der Waals surface area (Å²) >= 11 is 0. The highest BCUT2D eigenvalue weighted by Gasteiger charge is 2.45. The maximum absolute atomic E-state index is 13.0. The van der Waals surface area contributed by atoms with Gasteiger partial charge in [-0.2, -0.15) is 13.2 Å². The molecule has 0 spiro atoms. The largest absolute Gasteiger partial charge is 0.393 e. The van der Waals surface area contributed by atoms with E-state index in [0.717, 1.165) is 21.2 Å². The minimum Gasteiger partial charge on any atom is -0.356 e. The number of halogens is 3. The van der Waals surface area contributed by atoms with Crippen molar-refractivity contribution in [2.45, 2.75) is 37.9 Å². The molecule has 1 N–H and O–H groups in total. The van der Waals surface area contributed by atoms with Gasteiger partial charge in [0.15, 0.2) is 0 Å². The number of hydrogen-bond donors (Lipinski definition) is 1. The molecule has 0 aromatic carbocycles. The third-order valence-electron chi connectivity index (χ3n) is 6.11. The van der Waals surface area contributed by atoms with E-state index < -0.39 is 28.7 Å². The van der Waals surface area contributed by atoms with Crippen LogP contribution in [0.5, 0.6) is 0 Å². The van der Waals surface area contributed by atoms with Gasteiger partial charge in [0, 0.05) is 32.4 Å². The van der Waals surface area contributed by atoms with Crippen molar-refractivity contribution in [2.75, 3.05) is 30.8 Å². The molecule has 3 heterocycles. The van der Waals surface area contributed by atoms with E-state index in [1.54, 1.807) is 6.20 Å². The van der Waals surface area contributed by atoms with Crippen LogP contribution in [0.2, 0.25) is 0 Å². The molecule has 1 unspecified atom stereocenters. The van der Waals surface area contributed by atoms with Crippen LogP contribution in [0.15, 0.2) is 18.6 Å². The zero-order chi connectivity index (χ0) is 20.8. The Morgan fingerprint density at radius 3 is 2.79 bits per heavy atom. The Morgan fingerprint density at radius 1 is 1.31 bits per heavy atom. The normalized spacial score (nSPS) is 26.4. The third kappa shape index (κ3) is 4.07. The quantitative estimate of drug-likeness (QED) is 0.787. The Balaban J connectivity index is 1.36. The highest BCUT2D eigenvalue weighted by molar-refractivity contribution is 7.89. The number of H-pyrrole nitrogens is 1. The number of anilines is 1. The molecule has 11 heteroatoms. The SMILES string of the molecule is CN(c1ncnc2[nH]ccc12)C1CC(CS(=O)(=O)N2CCCC(C(F)(F)F)C2)C1. The summed E-state index contributed by atoms with van der Waals surface area (Å²) in [7, 11) is -1.77. The summed E-state index contributed by atoms with van der Waals surface area (Å²) in [6, 6.07) is 2.04. The minimum absolute atomic E-state index is 0.00161. The van der Waals surface area contributed by atoms with Crippen LogP contribution in [0.4, 0.5) is 19.0 Å². The Kier molecular flexibility index (Phi) is 5.22. The van der Waals surface area contributed by atoms with Crippen LogP contribution < -0.4 is 4.90 Å². The summed E-state index contributed by atoms with van der Waals surface area (Å²) < 4.78 is 65.4. The predicted octanol–water partition coefficient (Wildman–Crippen LogP) is 2.78. The van der Waals surface area contributed by atoms with E-state index >= 15 is 0 Å². The van der Waals surface area contributed by atoms with Crippen LogP contribution in [0, 0.1) is 11.8 Å². The van der Waals surface area contributed by atoms with Gasteiger partial charge in [0.2, 0.25) is 10.0 Å². The summed E-state index contributed by atoms with van der Waals surface area (Å²) in [6.45, 7) is -0.272. The average molecular weight is 431 g/mol. The smallest absolute Gasteiger partial charge is 0.356 e. The van der Waals surface area contributed by atoms with Gasteiger partial charge in [0.1, 0.15) is 17.8 Å². The van der Waals surface area contributed by atoms with Gasteiger partial charge in [0.05, 0.1) is 17.1 Å². The van der Waals surface area contributed by atoms with E-state index in [0.29, 0.717) is 12.8 Å². The Hall–Kier alpha value is -1.88. The first-order chi connectivity index (χ1) is 13.6. The molecule has 1 aliphatic heterocycles. The number of piperidine rings is 1. The van der Waals surface area contributed by atoms with Crippen molar-refractivity contribution in [3.63, 3.8) is 0 Å². The lowest BCUT2D eigenvalue weighted by Gasteiger charge is -2.42. The van der Waals surface area contributed by atoms with E-state index in [2.05, 4.69) is 15.0 Å². The second kappa shape index (κ2) is 7.42. The molecule has 2 aromatic rings. The maximum Gasteiger partial charge on any atom is 0.393 e. The summed E-state index contributed by atoms with van der Waals surface area (Å²) in [4.78, 5) is 13.6. The van der Waals surface area contributed by atoms with Gasteiger partial charge in [-0.25, -0.2) is 22.7 Å². The molecule has 2 fully saturated rings. The Labute approximate surface area is 167 Å². The molecule has 29 heavy (non-hydrogen) atoms. The maximum atomic E-state index is 13.0. The predicted molar refractivity (Wildman–Crippen MR) is 103 cm³/mol. The minimum atomic E-state index is -4.35. The molecule has 1 saturated carbocycles. The fourth-order valence-corrected chi connectivity index (χ4v) is 6.22. The third-order valence-corrected chi connectivity index (χ3v) is 8.12. The van der Waals surface area contributed by atoms with Crippen LogP contribution in [0.1, 0.15) is 25.7 Å². The second-order valence-corrected chi connectivity index (χ2v) is 10.1. The van der Waals surface area contributed by atoms with Crippen LogP contribution in [0.3, 0.4) is 0 Å². The van der Waals surface area contributed by atoms with Crippen molar-refractivity contribution < 1.29 is 21.6 Å². The molecule has 1 atom stereocenters. The van der Waals surface area contributed by atoms with Gasteiger partial charge < -0.3 is 9.88 Å². The number of alkyl halides is 3. The number of sulfonamides is 1.